The summed E-state index contributed by atoms with van der Waals surface area (Å²) in [7, 11) is 0. The Morgan fingerprint density at radius 2 is 1.88 bits per heavy atom. The van der Waals surface area contributed by atoms with Gasteiger partial charge in [0.25, 0.3) is 0 Å². The number of hydrogen-bond donors (Lipinski definition) is 2. The van der Waals surface area contributed by atoms with Crippen molar-refractivity contribution in [2.45, 2.75) is 32.2 Å². The van der Waals surface area contributed by atoms with Gasteiger partial charge in [-0.1, -0.05) is 12.1 Å². The summed E-state index contributed by atoms with van der Waals surface area (Å²) in [6.45, 7) is 4.46. The van der Waals surface area contributed by atoms with Crippen molar-refractivity contribution in [2.75, 3.05) is 23.3 Å². The molecule has 0 bridgehead atoms. The van der Waals surface area contributed by atoms with Crippen LogP contribution in [0, 0.1) is 0 Å². The van der Waals surface area contributed by atoms with E-state index < -0.39 is 0 Å². The zero-order valence-electron chi connectivity index (χ0n) is 14.0. The maximum atomic E-state index is 5.38. The zero-order valence-corrected chi connectivity index (χ0v) is 14.9. The molecule has 0 amide bonds. The third-order valence-corrected chi connectivity index (χ3v) is 4.60. The molecule has 126 valence electrons. The average Bonchev–Trinajstić information content (AvgIpc) is 2.63. The van der Waals surface area contributed by atoms with Gasteiger partial charge in [-0.25, -0.2) is 0 Å². The first kappa shape index (κ1) is 16.7. The summed E-state index contributed by atoms with van der Waals surface area (Å²) in [4.78, 5) is 6.55. The van der Waals surface area contributed by atoms with Crippen molar-refractivity contribution in [2.24, 2.45) is 0 Å². The first-order valence-electron chi connectivity index (χ1n) is 8.55. The van der Waals surface area contributed by atoms with E-state index in [0.717, 1.165) is 5.69 Å². The van der Waals surface area contributed by atoms with Crippen LogP contribution in [0.5, 0.6) is 0 Å². The summed E-state index contributed by atoms with van der Waals surface area (Å²) in [6, 6.07) is 12.8. The highest BCUT2D eigenvalue weighted by molar-refractivity contribution is 7.80. The van der Waals surface area contributed by atoms with Gasteiger partial charge in [0.2, 0.25) is 0 Å². The predicted octanol–water partition coefficient (Wildman–Crippen LogP) is 4.12. The lowest BCUT2D eigenvalue weighted by molar-refractivity contribution is 0.577. The van der Waals surface area contributed by atoms with Gasteiger partial charge in [0.15, 0.2) is 5.11 Å². The Morgan fingerprint density at radius 3 is 2.54 bits per heavy atom. The summed E-state index contributed by atoms with van der Waals surface area (Å²) in [5.41, 5.74) is 3.44. The number of rotatable bonds is 4. The van der Waals surface area contributed by atoms with Crippen LogP contribution < -0.4 is 15.5 Å². The molecule has 1 aromatic heterocycles. The standard InChI is InChI=1S/C19H24N4S/c1-15(21-19(24)22-17-6-5-11-20-14-17)16-7-9-18(10-8-16)23-12-3-2-4-13-23/h5-11,14-15H,2-4,12-13H2,1H3,(H2,21,22,24)/t15-/m1/s1. The summed E-state index contributed by atoms with van der Waals surface area (Å²) in [5.74, 6) is 0. The number of thiocarbonyl (C=S) groups is 1. The number of nitrogens with zero attached hydrogens (tertiary/aromatic N) is 2. The first-order valence-corrected chi connectivity index (χ1v) is 8.95. The van der Waals surface area contributed by atoms with Crippen molar-refractivity contribution in [3.8, 4) is 0 Å². The topological polar surface area (TPSA) is 40.2 Å². The van der Waals surface area contributed by atoms with E-state index in [1.165, 1.54) is 43.6 Å². The number of nitrogens with one attached hydrogen (secondary N) is 2. The molecule has 0 aliphatic carbocycles. The van der Waals surface area contributed by atoms with Crippen molar-refractivity contribution in [3.05, 3.63) is 54.4 Å². The molecule has 2 N–H and O–H groups in total. The molecule has 2 aromatic rings. The normalized spacial score (nSPS) is 15.6. The molecular weight excluding hydrogens is 316 g/mol. The molecular formula is C19H24N4S. The summed E-state index contributed by atoms with van der Waals surface area (Å²) >= 11 is 5.38. The number of pyridine rings is 1. The van der Waals surface area contributed by atoms with E-state index in [1.807, 2.05) is 12.1 Å². The fourth-order valence-electron chi connectivity index (χ4n) is 3.01. The monoisotopic (exact) mass is 340 g/mol. The van der Waals surface area contributed by atoms with Gasteiger partial charge in [0, 0.05) is 25.0 Å². The Labute approximate surface area is 149 Å². The highest BCUT2D eigenvalue weighted by Crippen LogP contribution is 2.22. The van der Waals surface area contributed by atoms with Crippen LogP contribution in [0.4, 0.5) is 11.4 Å². The largest absolute Gasteiger partial charge is 0.372 e. The first-order chi connectivity index (χ1) is 11.7. The lowest BCUT2D eigenvalue weighted by atomic mass is 10.1. The van der Waals surface area contributed by atoms with E-state index in [2.05, 4.69) is 51.7 Å². The van der Waals surface area contributed by atoms with Crippen LogP contribution in [0.2, 0.25) is 0 Å². The van der Waals surface area contributed by atoms with Gasteiger partial charge in [0.05, 0.1) is 17.9 Å². The molecule has 1 aromatic carbocycles. The molecule has 2 heterocycles. The third-order valence-electron chi connectivity index (χ3n) is 4.38. The summed E-state index contributed by atoms with van der Waals surface area (Å²) < 4.78 is 0. The van der Waals surface area contributed by atoms with Crippen LogP contribution in [0.25, 0.3) is 0 Å². The minimum Gasteiger partial charge on any atom is -0.372 e. The second kappa shape index (κ2) is 8.11. The van der Waals surface area contributed by atoms with Crippen LogP contribution in [0.1, 0.15) is 37.8 Å². The molecule has 5 heteroatoms. The Hall–Kier alpha value is -2.14. The van der Waals surface area contributed by atoms with Crippen LogP contribution >= 0.6 is 12.2 Å². The summed E-state index contributed by atoms with van der Waals surface area (Å²) in [5, 5.41) is 7.08. The van der Waals surface area contributed by atoms with Gasteiger partial charge in [-0.05, 0) is 68.2 Å². The van der Waals surface area contributed by atoms with E-state index >= 15 is 0 Å². The molecule has 0 radical (unpaired) electrons. The SMILES string of the molecule is C[C@@H](NC(=S)Nc1cccnc1)c1ccc(N2CCCCC2)cc1. The molecule has 4 nitrogen and oxygen atoms in total. The molecule has 1 aliphatic heterocycles. The number of aromatic nitrogens is 1. The molecule has 0 spiro atoms. The Balaban J connectivity index is 1.56. The Morgan fingerprint density at radius 1 is 1.12 bits per heavy atom. The third kappa shape index (κ3) is 4.45. The molecule has 3 rings (SSSR count). The van der Waals surface area contributed by atoms with Gasteiger partial charge in [-0.2, -0.15) is 0 Å². The summed E-state index contributed by atoms with van der Waals surface area (Å²) in [6.07, 6.45) is 7.46. The van der Waals surface area contributed by atoms with E-state index in [-0.39, 0.29) is 6.04 Å². The van der Waals surface area contributed by atoms with Gasteiger partial charge >= 0.3 is 0 Å². The molecule has 0 saturated carbocycles. The highest BCUT2D eigenvalue weighted by atomic mass is 32.1. The lowest BCUT2D eigenvalue weighted by Gasteiger charge is -2.29. The minimum atomic E-state index is 0.150. The fraction of sp³-hybridized carbons (Fsp3) is 0.368. The van der Waals surface area contributed by atoms with Crippen molar-refractivity contribution < 1.29 is 0 Å². The molecule has 1 aliphatic rings. The predicted molar refractivity (Wildman–Crippen MR) is 105 cm³/mol. The highest BCUT2D eigenvalue weighted by Gasteiger charge is 2.12. The van der Waals surface area contributed by atoms with Crippen LogP contribution in [-0.2, 0) is 0 Å². The van der Waals surface area contributed by atoms with Crippen molar-refractivity contribution in [3.63, 3.8) is 0 Å². The van der Waals surface area contributed by atoms with E-state index in [9.17, 15) is 0 Å². The van der Waals surface area contributed by atoms with Crippen molar-refractivity contribution in [1.82, 2.24) is 10.3 Å². The van der Waals surface area contributed by atoms with Crippen molar-refractivity contribution >= 4 is 28.7 Å². The van der Waals surface area contributed by atoms with Crippen LogP contribution in [0.3, 0.4) is 0 Å². The van der Waals surface area contributed by atoms with Gasteiger partial charge in [-0.3, -0.25) is 4.98 Å². The number of piperidine rings is 1. The second-order valence-electron chi connectivity index (χ2n) is 6.20. The average molecular weight is 340 g/mol. The molecule has 24 heavy (non-hydrogen) atoms. The van der Waals surface area contributed by atoms with Crippen molar-refractivity contribution in [1.29, 1.82) is 0 Å². The minimum absolute atomic E-state index is 0.150. The molecule has 1 saturated heterocycles. The number of anilines is 2. The van der Waals surface area contributed by atoms with Crippen LogP contribution in [-0.4, -0.2) is 23.2 Å². The van der Waals surface area contributed by atoms with Gasteiger partial charge in [0.1, 0.15) is 0 Å². The Bertz CT molecular complexity index is 651. The molecule has 1 atom stereocenters. The number of benzene rings is 1. The van der Waals surface area contributed by atoms with Gasteiger partial charge < -0.3 is 15.5 Å². The molecule has 1 fully saturated rings. The van der Waals surface area contributed by atoms with E-state index in [0.29, 0.717) is 5.11 Å². The molecule has 0 unspecified atom stereocenters. The number of hydrogen-bond acceptors (Lipinski definition) is 3. The zero-order chi connectivity index (χ0) is 16.8. The maximum absolute atomic E-state index is 5.38. The van der Waals surface area contributed by atoms with E-state index in [1.54, 1.807) is 12.4 Å². The van der Waals surface area contributed by atoms with Crippen LogP contribution in [0.15, 0.2) is 48.8 Å². The maximum Gasteiger partial charge on any atom is 0.171 e. The smallest absolute Gasteiger partial charge is 0.171 e. The Kier molecular flexibility index (Phi) is 5.64. The lowest BCUT2D eigenvalue weighted by Crippen LogP contribution is -2.31. The second-order valence-corrected chi connectivity index (χ2v) is 6.61. The quantitative estimate of drug-likeness (QED) is 0.819. The van der Waals surface area contributed by atoms with E-state index in [4.69, 9.17) is 12.2 Å². The van der Waals surface area contributed by atoms with Gasteiger partial charge in [-0.15, -0.1) is 0 Å². The fourth-order valence-corrected chi connectivity index (χ4v) is 3.30.